The van der Waals surface area contributed by atoms with Gasteiger partial charge in [0.15, 0.2) is 0 Å². The van der Waals surface area contributed by atoms with Gasteiger partial charge < -0.3 is 14.7 Å². The number of amides is 1. The van der Waals surface area contributed by atoms with Gasteiger partial charge in [0, 0.05) is 6.54 Å². The molecular weight excluding hydrogens is 194 g/mol. The maximum absolute atomic E-state index is 11.8. The number of nitrogens with zero attached hydrogens (tertiary/aromatic N) is 1. The molecule has 0 aromatic heterocycles. The summed E-state index contributed by atoms with van der Waals surface area (Å²) in [5.74, 6) is 0.493. The normalized spacial score (nSPS) is 34.7. The number of carbonyl (C=O) groups is 1. The first-order valence-corrected chi connectivity index (χ1v) is 5.56. The van der Waals surface area contributed by atoms with E-state index >= 15 is 0 Å². The molecule has 0 aromatic rings. The van der Waals surface area contributed by atoms with E-state index in [2.05, 4.69) is 0 Å². The Kier molecular flexibility index (Phi) is 2.41. The van der Waals surface area contributed by atoms with Crippen LogP contribution in [-0.4, -0.2) is 40.4 Å². The van der Waals surface area contributed by atoms with Crippen LogP contribution in [0.3, 0.4) is 0 Å². The van der Waals surface area contributed by atoms with Crippen LogP contribution in [0.4, 0.5) is 4.79 Å². The lowest BCUT2D eigenvalue weighted by atomic mass is 9.77. The second-order valence-electron chi connectivity index (χ2n) is 5.52. The Labute approximate surface area is 90.2 Å². The van der Waals surface area contributed by atoms with Gasteiger partial charge in [-0.15, -0.1) is 0 Å². The first kappa shape index (κ1) is 10.7. The summed E-state index contributed by atoms with van der Waals surface area (Å²) in [6.07, 6.45) is 1.21. The number of rotatable bonds is 0. The van der Waals surface area contributed by atoms with E-state index in [-0.39, 0.29) is 18.2 Å². The van der Waals surface area contributed by atoms with Crippen LogP contribution in [0.25, 0.3) is 0 Å². The number of aliphatic hydroxyl groups excluding tert-OH is 1. The van der Waals surface area contributed by atoms with Gasteiger partial charge in [0.25, 0.3) is 0 Å². The third kappa shape index (κ3) is 1.95. The third-order valence-corrected chi connectivity index (χ3v) is 3.15. The molecule has 86 valence electrons. The van der Waals surface area contributed by atoms with Crippen molar-refractivity contribution in [3.05, 3.63) is 0 Å². The monoisotopic (exact) mass is 213 g/mol. The van der Waals surface area contributed by atoms with Crippen molar-refractivity contribution in [2.24, 2.45) is 5.92 Å². The highest BCUT2D eigenvalue weighted by molar-refractivity contribution is 5.69. The standard InChI is InChI=1S/C11H19NO3/c1-11(2,3)15-10(14)12-5-4-7-6-8(13)9(7)12/h7-9,13H,4-6H2,1-3H3. The van der Waals surface area contributed by atoms with Gasteiger partial charge in [-0.3, -0.25) is 0 Å². The predicted octanol–water partition coefficient (Wildman–Crippen LogP) is 1.38. The number of carbonyl (C=O) groups excluding carboxylic acids is 1. The van der Waals surface area contributed by atoms with Crippen molar-refractivity contribution in [2.45, 2.75) is 51.4 Å². The zero-order valence-corrected chi connectivity index (χ0v) is 9.56. The molecular formula is C11H19NO3. The molecule has 1 saturated heterocycles. The van der Waals surface area contributed by atoms with Crippen LogP contribution in [0.1, 0.15) is 33.6 Å². The minimum absolute atomic E-state index is 0.0137. The number of hydrogen-bond acceptors (Lipinski definition) is 3. The number of hydrogen-bond donors (Lipinski definition) is 1. The van der Waals surface area contributed by atoms with Crippen molar-refractivity contribution in [2.75, 3.05) is 6.54 Å². The van der Waals surface area contributed by atoms with Crippen LogP contribution >= 0.6 is 0 Å². The first-order valence-electron chi connectivity index (χ1n) is 5.56. The third-order valence-electron chi connectivity index (χ3n) is 3.15. The summed E-state index contributed by atoms with van der Waals surface area (Å²) in [6, 6.07) is 0.0137. The van der Waals surface area contributed by atoms with Gasteiger partial charge in [0.2, 0.25) is 0 Å². The number of likely N-dealkylation sites (tertiary alicyclic amines) is 1. The fraction of sp³-hybridized carbons (Fsp3) is 0.909. The average molecular weight is 213 g/mol. The lowest BCUT2D eigenvalue weighted by Gasteiger charge is -2.41. The molecule has 2 aliphatic rings. The van der Waals surface area contributed by atoms with Gasteiger partial charge in [0.05, 0.1) is 12.1 Å². The lowest BCUT2D eigenvalue weighted by molar-refractivity contribution is -0.0416. The summed E-state index contributed by atoms with van der Waals surface area (Å²) in [7, 11) is 0. The summed E-state index contributed by atoms with van der Waals surface area (Å²) in [5, 5.41) is 9.59. The van der Waals surface area contributed by atoms with E-state index in [1.807, 2.05) is 20.8 Å². The number of fused-ring (bicyclic) bond motifs is 1. The Balaban J connectivity index is 1.97. The predicted molar refractivity (Wildman–Crippen MR) is 55.5 cm³/mol. The van der Waals surface area contributed by atoms with Gasteiger partial charge in [-0.05, 0) is 39.5 Å². The highest BCUT2D eigenvalue weighted by Gasteiger charge is 2.50. The van der Waals surface area contributed by atoms with Crippen LogP contribution in [-0.2, 0) is 4.74 Å². The first-order chi connectivity index (χ1) is 6.88. The molecule has 1 heterocycles. The number of ether oxygens (including phenoxy) is 1. The van der Waals surface area contributed by atoms with E-state index in [4.69, 9.17) is 4.74 Å². The topological polar surface area (TPSA) is 49.8 Å². The zero-order valence-electron chi connectivity index (χ0n) is 9.56. The zero-order chi connectivity index (χ0) is 11.2. The van der Waals surface area contributed by atoms with Gasteiger partial charge in [0.1, 0.15) is 5.60 Å². The minimum atomic E-state index is -0.454. The van der Waals surface area contributed by atoms with E-state index in [1.165, 1.54) is 0 Å². The minimum Gasteiger partial charge on any atom is -0.444 e. The lowest BCUT2D eigenvalue weighted by Crippen LogP contribution is -2.54. The second kappa shape index (κ2) is 3.37. The van der Waals surface area contributed by atoms with E-state index in [9.17, 15) is 9.90 Å². The van der Waals surface area contributed by atoms with Gasteiger partial charge >= 0.3 is 6.09 Å². The van der Waals surface area contributed by atoms with Crippen LogP contribution < -0.4 is 0 Å². The molecule has 2 fully saturated rings. The molecule has 3 atom stereocenters. The van der Waals surface area contributed by atoms with Crippen LogP contribution in [0, 0.1) is 5.92 Å². The Morgan fingerprint density at radius 1 is 1.47 bits per heavy atom. The molecule has 1 saturated carbocycles. The maximum Gasteiger partial charge on any atom is 0.410 e. The Hall–Kier alpha value is -0.770. The summed E-state index contributed by atoms with van der Waals surface area (Å²) < 4.78 is 5.30. The van der Waals surface area contributed by atoms with E-state index in [0.717, 1.165) is 19.4 Å². The molecule has 4 nitrogen and oxygen atoms in total. The SMILES string of the molecule is CC(C)(C)OC(=O)N1CCC2CC(O)C21. The summed E-state index contributed by atoms with van der Waals surface area (Å²) >= 11 is 0. The Morgan fingerprint density at radius 2 is 2.13 bits per heavy atom. The molecule has 0 radical (unpaired) electrons. The van der Waals surface area contributed by atoms with Gasteiger partial charge in [-0.2, -0.15) is 0 Å². The molecule has 0 spiro atoms. The summed E-state index contributed by atoms with van der Waals surface area (Å²) in [5.41, 5.74) is -0.454. The second-order valence-corrected chi connectivity index (χ2v) is 5.52. The van der Waals surface area contributed by atoms with Crippen molar-refractivity contribution < 1.29 is 14.6 Å². The quantitative estimate of drug-likeness (QED) is 0.661. The van der Waals surface area contributed by atoms with Crippen LogP contribution in [0.2, 0.25) is 0 Å². The Bertz CT molecular complexity index is 271. The van der Waals surface area contributed by atoms with E-state index in [1.54, 1.807) is 4.90 Å². The van der Waals surface area contributed by atoms with Gasteiger partial charge in [-0.25, -0.2) is 4.79 Å². The fourth-order valence-electron chi connectivity index (χ4n) is 2.45. The number of aliphatic hydroxyl groups is 1. The van der Waals surface area contributed by atoms with Gasteiger partial charge in [-0.1, -0.05) is 0 Å². The van der Waals surface area contributed by atoms with Crippen molar-refractivity contribution in [1.82, 2.24) is 4.90 Å². The fourth-order valence-corrected chi connectivity index (χ4v) is 2.45. The molecule has 1 amide bonds. The van der Waals surface area contributed by atoms with Crippen molar-refractivity contribution in [3.8, 4) is 0 Å². The van der Waals surface area contributed by atoms with Crippen molar-refractivity contribution >= 4 is 6.09 Å². The van der Waals surface area contributed by atoms with Crippen LogP contribution in [0.15, 0.2) is 0 Å². The highest BCUT2D eigenvalue weighted by Crippen LogP contribution is 2.41. The largest absolute Gasteiger partial charge is 0.444 e. The maximum atomic E-state index is 11.8. The molecule has 4 heteroatoms. The van der Waals surface area contributed by atoms with Crippen LogP contribution in [0.5, 0.6) is 0 Å². The van der Waals surface area contributed by atoms with E-state index < -0.39 is 5.60 Å². The molecule has 0 bridgehead atoms. The highest BCUT2D eigenvalue weighted by atomic mass is 16.6. The summed E-state index contributed by atoms with van der Waals surface area (Å²) in [4.78, 5) is 13.5. The smallest absolute Gasteiger partial charge is 0.410 e. The molecule has 0 aromatic carbocycles. The summed E-state index contributed by atoms with van der Waals surface area (Å²) in [6.45, 7) is 6.29. The molecule has 1 N–H and O–H groups in total. The average Bonchev–Trinajstić information content (AvgIpc) is 2.38. The van der Waals surface area contributed by atoms with E-state index in [0.29, 0.717) is 5.92 Å². The van der Waals surface area contributed by atoms with Crippen molar-refractivity contribution in [3.63, 3.8) is 0 Å². The molecule has 1 aliphatic heterocycles. The van der Waals surface area contributed by atoms with Crippen molar-refractivity contribution in [1.29, 1.82) is 0 Å². The molecule has 15 heavy (non-hydrogen) atoms. The molecule has 2 rings (SSSR count). The molecule has 3 unspecified atom stereocenters. The molecule has 1 aliphatic carbocycles. The Morgan fingerprint density at radius 3 is 2.67 bits per heavy atom.